The molecule has 4 rings (SSSR count). The molecule has 188 valence electrons. The fraction of sp³-hybridized carbons (Fsp3) is 0.909. The van der Waals surface area contributed by atoms with Crippen molar-refractivity contribution < 1.29 is 14.4 Å². The molecule has 7 unspecified atom stereocenters. The van der Waals surface area contributed by atoms with E-state index in [1.165, 1.54) is 6.42 Å². The normalized spacial score (nSPS) is 39.0. The number of rotatable bonds is 9. The molecule has 0 aromatic rings. The molecule has 33 heavy (non-hydrogen) atoms. The zero-order valence-corrected chi connectivity index (χ0v) is 20.6. The second-order valence-corrected chi connectivity index (χ2v) is 11.1. The minimum atomic E-state index is -0.192. The van der Waals surface area contributed by atoms with Crippen LogP contribution in [0.1, 0.15) is 64.2 Å². The highest BCUT2D eigenvalue weighted by Crippen LogP contribution is 2.34. The van der Waals surface area contributed by atoms with Crippen LogP contribution in [0.3, 0.4) is 0 Å². The van der Waals surface area contributed by atoms with Crippen LogP contribution in [0.25, 0.3) is 0 Å². The lowest BCUT2D eigenvalue weighted by atomic mass is 9.76. The Kier molecular flexibility index (Phi) is 9.50. The summed E-state index contributed by atoms with van der Waals surface area (Å²) in [6, 6.07) is 0. The Bertz CT molecular complexity index is 664. The quantitative estimate of drug-likeness (QED) is 0.208. The summed E-state index contributed by atoms with van der Waals surface area (Å²) in [4.78, 5) is 29.9. The van der Waals surface area contributed by atoms with E-state index >= 15 is 0 Å². The molecule has 0 spiro atoms. The first-order valence-electron chi connectivity index (χ1n) is 12.5. The highest BCUT2D eigenvalue weighted by atomic mass is 35.5. The van der Waals surface area contributed by atoms with E-state index < -0.39 is 0 Å². The number of hydrazine groups is 1. The van der Waals surface area contributed by atoms with E-state index in [4.69, 9.17) is 28.0 Å². The van der Waals surface area contributed by atoms with Crippen LogP contribution in [0.2, 0.25) is 0 Å². The standard InChI is InChI=1S/C22H38Cl2N6O3/c23-14-10-13(11-15(24)12-14)20-27-19(33-30-20)7-6-18(31)25-8-3-9-26-21-16-4-1-2-5-17(16)22(32)29-28-21/h13-17,19-21,26-28,30H,1-12H2,(H,25,31)(H,29,32). The first-order valence-corrected chi connectivity index (χ1v) is 13.4. The molecule has 0 aromatic carbocycles. The van der Waals surface area contributed by atoms with Gasteiger partial charge in [-0.3, -0.25) is 25.2 Å². The van der Waals surface area contributed by atoms with Crippen LogP contribution in [0.15, 0.2) is 0 Å². The lowest BCUT2D eigenvalue weighted by Gasteiger charge is -2.41. The molecule has 9 nitrogen and oxygen atoms in total. The van der Waals surface area contributed by atoms with E-state index in [2.05, 4.69) is 32.3 Å². The van der Waals surface area contributed by atoms with Crippen molar-refractivity contribution in [1.29, 1.82) is 0 Å². The van der Waals surface area contributed by atoms with Gasteiger partial charge in [-0.2, -0.15) is 5.48 Å². The zero-order chi connectivity index (χ0) is 23.2. The van der Waals surface area contributed by atoms with Crippen molar-refractivity contribution >= 4 is 35.0 Å². The molecule has 4 aliphatic rings. The Morgan fingerprint density at radius 2 is 1.88 bits per heavy atom. The van der Waals surface area contributed by atoms with E-state index in [0.717, 1.165) is 51.5 Å². The van der Waals surface area contributed by atoms with E-state index in [0.29, 0.717) is 31.2 Å². The van der Waals surface area contributed by atoms with Gasteiger partial charge in [0.25, 0.3) is 0 Å². The van der Waals surface area contributed by atoms with E-state index in [1.54, 1.807) is 0 Å². The van der Waals surface area contributed by atoms with Crippen molar-refractivity contribution in [1.82, 2.24) is 32.3 Å². The van der Waals surface area contributed by atoms with Gasteiger partial charge in [0.15, 0.2) is 0 Å². The van der Waals surface area contributed by atoms with Crippen molar-refractivity contribution in [2.75, 3.05) is 13.1 Å². The van der Waals surface area contributed by atoms with Crippen molar-refractivity contribution in [3.8, 4) is 0 Å². The van der Waals surface area contributed by atoms with Gasteiger partial charge in [-0.05, 0) is 57.4 Å². The molecule has 0 radical (unpaired) electrons. The fourth-order valence-electron chi connectivity index (χ4n) is 5.65. The molecule has 2 heterocycles. The van der Waals surface area contributed by atoms with Gasteiger partial charge in [0, 0.05) is 35.6 Å². The predicted octanol–water partition coefficient (Wildman–Crippen LogP) is 1.42. The Balaban J connectivity index is 1.06. The highest BCUT2D eigenvalue weighted by molar-refractivity contribution is 6.23. The third kappa shape index (κ3) is 7.16. The minimum absolute atomic E-state index is 0.0221. The second-order valence-electron chi connectivity index (χ2n) is 9.89. The van der Waals surface area contributed by atoms with Crippen LogP contribution >= 0.6 is 23.2 Å². The molecular formula is C22H38Cl2N6O3. The van der Waals surface area contributed by atoms with Gasteiger partial charge in [0.2, 0.25) is 11.8 Å². The smallest absolute Gasteiger partial charge is 0.237 e. The first-order chi connectivity index (χ1) is 16.0. The number of carbonyl (C=O) groups excluding carboxylic acids is 2. The van der Waals surface area contributed by atoms with Crippen molar-refractivity contribution in [2.45, 2.75) is 93.5 Å². The van der Waals surface area contributed by atoms with Gasteiger partial charge in [0.05, 0.1) is 12.3 Å². The van der Waals surface area contributed by atoms with Crippen LogP contribution in [-0.4, -0.2) is 54.2 Å². The number of carbonyl (C=O) groups is 2. The molecule has 2 aliphatic heterocycles. The maximum Gasteiger partial charge on any atom is 0.237 e. The summed E-state index contributed by atoms with van der Waals surface area (Å²) >= 11 is 12.6. The Morgan fingerprint density at radius 3 is 2.70 bits per heavy atom. The summed E-state index contributed by atoms with van der Waals surface area (Å²) in [6.07, 6.45) is 8.79. The number of nitrogens with one attached hydrogen (secondary N) is 6. The summed E-state index contributed by atoms with van der Waals surface area (Å²) in [6.45, 7) is 1.40. The maximum atomic E-state index is 12.2. The Labute approximate surface area is 206 Å². The molecule has 0 bridgehead atoms. The monoisotopic (exact) mass is 504 g/mol. The molecule has 6 N–H and O–H groups in total. The maximum absolute atomic E-state index is 12.2. The van der Waals surface area contributed by atoms with Gasteiger partial charge in [-0.25, -0.2) is 5.43 Å². The number of alkyl halides is 2. The van der Waals surface area contributed by atoms with Crippen molar-refractivity contribution in [3.63, 3.8) is 0 Å². The van der Waals surface area contributed by atoms with Crippen LogP contribution in [0, 0.1) is 17.8 Å². The van der Waals surface area contributed by atoms with Gasteiger partial charge in [0.1, 0.15) is 6.23 Å². The molecule has 2 amide bonds. The summed E-state index contributed by atoms with van der Waals surface area (Å²) in [5.41, 5.74) is 8.97. The molecule has 2 saturated heterocycles. The second kappa shape index (κ2) is 12.3. The average molecular weight is 505 g/mol. The SMILES string of the molecule is O=C(CCC1NC(C2CC(Cl)CC(Cl)C2)NO1)NCCCNC1NNC(=O)C2CCCCC12. The molecule has 2 aliphatic carbocycles. The molecule has 11 heteroatoms. The lowest BCUT2D eigenvalue weighted by molar-refractivity contribution is -0.134. The van der Waals surface area contributed by atoms with Gasteiger partial charge >= 0.3 is 0 Å². The zero-order valence-electron chi connectivity index (χ0n) is 19.1. The number of hydroxylamine groups is 1. The van der Waals surface area contributed by atoms with Crippen LogP contribution < -0.4 is 32.3 Å². The summed E-state index contributed by atoms with van der Waals surface area (Å²) in [5.74, 6) is 0.934. The minimum Gasteiger partial charge on any atom is -0.356 e. The van der Waals surface area contributed by atoms with E-state index in [9.17, 15) is 9.59 Å². The number of fused-ring (bicyclic) bond motifs is 1. The lowest BCUT2D eigenvalue weighted by Crippen LogP contribution is -2.64. The van der Waals surface area contributed by atoms with Gasteiger partial charge < -0.3 is 10.6 Å². The first kappa shape index (κ1) is 25.4. The summed E-state index contributed by atoms with van der Waals surface area (Å²) < 4.78 is 0. The number of hydrogen-bond donors (Lipinski definition) is 6. The molecule has 0 aromatic heterocycles. The molecule has 2 saturated carbocycles. The molecule has 7 atom stereocenters. The predicted molar refractivity (Wildman–Crippen MR) is 127 cm³/mol. The molecule has 4 fully saturated rings. The van der Waals surface area contributed by atoms with E-state index in [-0.39, 0.29) is 47.0 Å². The third-order valence-electron chi connectivity index (χ3n) is 7.41. The van der Waals surface area contributed by atoms with Crippen LogP contribution in [0.4, 0.5) is 0 Å². The van der Waals surface area contributed by atoms with Crippen LogP contribution in [0.5, 0.6) is 0 Å². The number of halogens is 2. The van der Waals surface area contributed by atoms with Crippen molar-refractivity contribution in [3.05, 3.63) is 0 Å². The average Bonchev–Trinajstić information content (AvgIpc) is 3.28. The van der Waals surface area contributed by atoms with Gasteiger partial charge in [-0.15, -0.1) is 23.2 Å². The largest absolute Gasteiger partial charge is 0.356 e. The van der Waals surface area contributed by atoms with Crippen LogP contribution in [-0.2, 0) is 14.4 Å². The highest BCUT2D eigenvalue weighted by Gasteiger charge is 2.39. The Hall–Kier alpha value is -0.680. The number of amides is 2. The van der Waals surface area contributed by atoms with Crippen molar-refractivity contribution in [2.24, 2.45) is 17.8 Å². The van der Waals surface area contributed by atoms with Gasteiger partial charge in [-0.1, -0.05) is 12.8 Å². The number of hydrogen-bond acceptors (Lipinski definition) is 7. The summed E-state index contributed by atoms with van der Waals surface area (Å²) in [5, 5.41) is 10.1. The Morgan fingerprint density at radius 1 is 1.09 bits per heavy atom. The fourth-order valence-corrected chi connectivity index (χ4v) is 6.63. The molecular weight excluding hydrogens is 467 g/mol. The topological polar surface area (TPSA) is 116 Å². The third-order valence-corrected chi connectivity index (χ3v) is 8.12. The summed E-state index contributed by atoms with van der Waals surface area (Å²) in [7, 11) is 0. The van der Waals surface area contributed by atoms with E-state index in [1.807, 2.05) is 0 Å².